The van der Waals surface area contributed by atoms with Gasteiger partial charge in [0, 0.05) is 0 Å². The molecule has 140 valence electrons. The zero-order valence-electron chi connectivity index (χ0n) is 15.9. The van der Waals surface area contributed by atoms with E-state index < -0.39 is 0 Å². The second kappa shape index (κ2) is 9.54. The second-order valence-electron chi connectivity index (χ2n) is 6.78. The minimum Gasteiger partial charge on any atom is -0.494 e. The highest BCUT2D eigenvalue weighted by atomic mass is 32.1. The lowest BCUT2D eigenvalue weighted by molar-refractivity contribution is 0.281. The molecule has 0 spiro atoms. The van der Waals surface area contributed by atoms with Gasteiger partial charge < -0.3 is 9.84 Å². The molecule has 1 heterocycles. The number of aliphatic hydroxyl groups is 1. The summed E-state index contributed by atoms with van der Waals surface area (Å²) in [6, 6.07) is 16.4. The zero-order valence-corrected chi connectivity index (χ0v) is 16.8. The fourth-order valence-electron chi connectivity index (χ4n) is 2.95. The SMILES string of the molecule is Cc1ccc(C=C(CCCOc2ccc(CO)cc2)c2ccsc2)cc1C. The minimum absolute atomic E-state index is 0.0631. The molecule has 3 aromatic rings. The van der Waals surface area contributed by atoms with Crippen LogP contribution in [0.4, 0.5) is 0 Å². The molecule has 0 fully saturated rings. The first-order chi connectivity index (χ1) is 13.2. The van der Waals surface area contributed by atoms with E-state index in [0.29, 0.717) is 6.61 Å². The van der Waals surface area contributed by atoms with Gasteiger partial charge in [-0.1, -0.05) is 36.4 Å². The second-order valence-corrected chi connectivity index (χ2v) is 7.56. The quantitative estimate of drug-likeness (QED) is 0.469. The lowest BCUT2D eigenvalue weighted by atomic mass is 9.99. The van der Waals surface area contributed by atoms with E-state index in [9.17, 15) is 0 Å². The van der Waals surface area contributed by atoms with Crippen molar-refractivity contribution < 1.29 is 9.84 Å². The number of aryl methyl sites for hydroxylation is 2. The van der Waals surface area contributed by atoms with Gasteiger partial charge in [0.15, 0.2) is 0 Å². The smallest absolute Gasteiger partial charge is 0.119 e. The lowest BCUT2D eigenvalue weighted by Gasteiger charge is -2.10. The van der Waals surface area contributed by atoms with Gasteiger partial charge in [0.2, 0.25) is 0 Å². The Labute approximate surface area is 165 Å². The number of thiophene rings is 1. The molecule has 0 amide bonds. The molecule has 1 aromatic heterocycles. The number of benzene rings is 2. The molecule has 0 bridgehead atoms. The van der Waals surface area contributed by atoms with Gasteiger partial charge in [0.25, 0.3) is 0 Å². The third kappa shape index (κ3) is 5.56. The summed E-state index contributed by atoms with van der Waals surface area (Å²) in [6.07, 6.45) is 4.22. The Hall–Kier alpha value is -2.36. The molecule has 3 heteroatoms. The van der Waals surface area contributed by atoms with Crippen LogP contribution < -0.4 is 4.74 Å². The van der Waals surface area contributed by atoms with E-state index in [1.807, 2.05) is 24.3 Å². The van der Waals surface area contributed by atoms with Crippen molar-refractivity contribution in [3.05, 3.63) is 87.1 Å². The van der Waals surface area contributed by atoms with E-state index in [4.69, 9.17) is 9.84 Å². The van der Waals surface area contributed by atoms with E-state index in [-0.39, 0.29) is 6.61 Å². The number of allylic oxidation sites excluding steroid dienone is 1. The Morgan fingerprint density at radius 3 is 2.52 bits per heavy atom. The van der Waals surface area contributed by atoms with Crippen LogP contribution in [0.25, 0.3) is 11.6 Å². The van der Waals surface area contributed by atoms with Gasteiger partial charge in [-0.05, 0) is 89.0 Å². The number of rotatable bonds is 8. The molecule has 0 aliphatic heterocycles. The molecule has 2 aromatic carbocycles. The van der Waals surface area contributed by atoms with Crippen molar-refractivity contribution in [2.75, 3.05) is 6.61 Å². The molecular weight excluding hydrogens is 352 g/mol. The summed E-state index contributed by atoms with van der Waals surface area (Å²) in [7, 11) is 0. The first-order valence-corrected chi connectivity index (χ1v) is 10.2. The Kier molecular flexibility index (Phi) is 6.86. The van der Waals surface area contributed by atoms with Crippen LogP contribution in [0.2, 0.25) is 0 Å². The normalized spacial score (nSPS) is 11.6. The van der Waals surface area contributed by atoms with E-state index >= 15 is 0 Å². The molecule has 1 N–H and O–H groups in total. The highest BCUT2D eigenvalue weighted by molar-refractivity contribution is 7.08. The fraction of sp³-hybridized carbons (Fsp3) is 0.250. The maximum absolute atomic E-state index is 9.10. The first-order valence-electron chi connectivity index (χ1n) is 9.28. The minimum atomic E-state index is 0.0631. The van der Waals surface area contributed by atoms with Crippen molar-refractivity contribution in [3.63, 3.8) is 0 Å². The molecule has 3 rings (SSSR count). The standard InChI is InChI=1S/C24H26O2S/c1-18-5-6-21(14-19(18)2)15-22(23-11-13-27-17-23)4-3-12-26-24-9-7-20(16-25)8-10-24/h5-11,13-15,17,25H,3-4,12,16H2,1-2H3. The number of hydrogen-bond donors (Lipinski definition) is 1. The zero-order chi connectivity index (χ0) is 19.1. The number of hydrogen-bond acceptors (Lipinski definition) is 3. The summed E-state index contributed by atoms with van der Waals surface area (Å²) >= 11 is 1.73. The van der Waals surface area contributed by atoms with Crippen LogP contribution in [-0.2, 0) is 6.61 Å². The average Bonchev–Trinajstić information content (AvgIpc) is 3.22. The van der Waals surface area contributed by atoms with Crippen molar-refractivity contribution in [1.82, 2.24) is 0 Å². The summed E-state index contributed by atoms with van der Waals surface area (Å²) in [5.74, 6) is 0.849. The third-order valence-electron chi connectivity index (χ3n) is 4.73. The fourth-order valence-corrected chi connectivity index (χ4v) is 3.63. The summed E-state index contributed by atoms with van der Waals surface area (Å²) in [4.78, 5) is 0. The molecule has 0 aliphatic carbocycles. The van der Waals surface area contributed by atoms with Gasteiger partial charge >= 0.3 is 0 Å². The summed E-state index contributed by atoms with van der Waals surface area (Å²) in [5, 5.41) is 13.4. The molecule has 0 saturated heterocycles. The van der Waals surface area contributed by atoms with Crippen LogP contribution in [0.3, 0.4) is 0 Å². The average molecular weight is 379 g/mol. The van der Waals surface area contributed by atoms with Gasteiger partial charge in [-0.3, -0.25) is 0 Å². The molecule has 2 nitrogen and oxygen atoms in total. The Morgan fingerprint density at radius 2 is 1.85 bits per heavy atom. The number of aliphatic hydroxyl groups excluding tert-OH is 1. The van der Waals surface area contributed by atoms with Crippen molar-refractivity contribution in [1.29, 1.82) is 0 Å². The topological polar surface area (TPSA) is 29.5 Å². The van der Waals surface area contributed by atoms with Crippen LogP contribution >= 0.6 is 11.3 Å². The largest absolute Gasteiger partial charge is 0.494 e. The van der Waals surface area contributed by atoms with E-state index in [1.54, 1.807) is 11.3 Å². The molecule has 0 atom stereocenters. The Morgan fingerprint density at radius 1 is 1.04 bits per heavy atom. The maximum Gasteiger partial charge on any atom is 0.119 e. The van der Waals surface area contributed by atoms with Crippen LogP contribution in [0, 0.1) is 13.8 Å². The van der Waals surface area contributed by atoms with Crippen LogP contribution in [-0.4, -0.2) is 11.7 Å². The van der Waals surface area contributed by atoms with Gasteiger partial charge in [0.05, 0.1) is 13.2 Å². The number of ether oxygens (including phenoxy) is 1. The highest BCUT2D eigenvalue weighted by Crippen LogP contribution is 2.26. The summed E-state index contributed by atoms with van der Waals surface area (Å²) < 4.78 is 5.85. The van der Waals surface area contributed by atoms with Crippen LogP contribution in [0.5, 0.6) is 5.75 Å². The molecule has 0 aliphatic rings. The molecule has 27 heavy (non-hydrogen) atoms. The van der Waals surface area contributed by atoms with Gasteiger partial charge in [-0.2, -0.15) is 11.3 Å². The van der Waals surface area contributed by atoms with Crippen LogP contribution in [0.1, 0.15) is 40.7 Å². The third-order valence-corrected chi connectivity index (χ3v) is 5.41. The summed E-state index contributed by atoms with van der Waals surface area (Å²) in [5.41, 5.74) is 7.44. The van der Waals surface area contributed by atoms with Crippen molar-refractivity contribution in [2.24, 2.45) is 0 Å². The van der Waals surface area contributed by atoms with Gasteiger partial charge in [-0.25, -0.2) is 0 Å². The van der Waals surface area contributed by atoms with Crippen molar-refractivity contribution in [2.45, 2.75) is 33.3 Å². The molecule has 0 saturated carbocycles. The predicted octanol–water partition coefficient (Wildman–Crippen LogP) is 6.26. The van der Waals surface area contributed by atoms with Crippen molar-refractivity contribution >= 4 is 23.0 Å². The lowest BCUT2D eigenvalue weighted by Crippen LogP contribution is -1.98. The monoisotopic (exact) mass is 378 g/mol. The van der Waals surface area contributed by atoms with E-state index in [1.165, 1.54) is 27.8 Å². The van der Waals surface area contributed by atoms with E-state index in [0.717, 1.165) is 24.2 Å². The van der Waals surface area contributed by atoms with Gasteiger partial charge in [0.1, 0.15) is 5.75 Å². The van der Waals surface area contributed by atoms with E-state index in [2.05, 4.69) is 54.9 Å². The molecule has 0 unspecified atom stereocenters. The van der Waals surface area contributed by atoms with Crippen LogP contribution in [0.15, 0.2) is 59.3 Å². The Balaban J connectivity index is 1.63. The summed E-state index contributed by atoms with van der Waals surface area (Å²) in [6.45, 7) is 5.04. The highest BCUT2D eigenvalue weighted by Gasteiger charge is 2.05. The first kappa shape index (κ1) is 19.4. The predicted molar refractivity (Wildman–Crippen MR) is 115 cm³/mol. The molecular formula is C24H26O2S. The molecule has 0 radical (unpaired) electrons. The van der Waals surface area contributed by atoms with Crippen molar-refractivity contribution in [3.8, 4) is 5.75 Å². The maximum atomic E-state index is 9.10. The van der Waals surface area contributed by atoms with Gasteiger partial charge in [-0.15, -0.1) is 0 Å². The Bertz CT molecular complexity index is 877.